The fourth-order valence-electron chi connectivity index (χ4n) is 2.60. The van der Waals surface area contributed by atoms with Crippen molar-refractivity contribution < 1.29 is 14.3 Å². The van der Waals surface area contributed by atoms with Gasteiger partial charge in [-0.1, -0.05) is 0 Å². The minimum Gasteiger partial charge on any atom is -0.462 e. The molecule has 1 aliphatic carbocycles. The average molecular weight is 347 g/mol. The maximum atomic E-state index is 12.3. The lowest BCUT2D eigenvalue weighted by molar-refractivity contribution is -0.115. The van der Waals surface area contributed by atoms with Gasteiger partial charge >= 0.3 is 5.97 Å². The number of esters is 1. The van der Waals surface area contributed by atoms with E-state index in [1.807, 2.05) is 18.5 Å². The maximum Gasteiger partial charge on any atom is 0.341 e. The lowest BCUT2D eigenvalue weighted by Crippen LogP contribution is -2.16. The summed E-state index contributed by atoms with van der Waals surface area (Å²) >= 11 is 1.39. The molecule has 2 aromatic rings. The topological polar surface area (TPSA) is 73.2 Å². The maximum absolute atomic E-state index is 12.3. The van der Waals surface area contributed by atoms with Crippen LogP contribution in [0.4, 0.5) is 5.00 Å². The van der Waals surface area contributed by atoms with Crippen molar-refractivity contribution in [2.75, 3.05) is 11.9 Å². The van der Waals surface area contributed by atoms with Crippen LogP contribution in [0.5, 0.6) is 0 Å². The first-order chi connectivity index (χ1) is 11.6. The Bertz CT molecular complexity index is 746. The number of carbonyl (C=O) groups excluding carboxylic acids is 2. The third-order valence-electron chi connectivity index (χ3n) is 3.94. The molecule has 2 heterocycles. The molecule has 0 radical (unpaired) electrons. The lowest BCUT2D eigenvalue weighted by Gasteiger charge is -2.08. The molecule has 0 saturated heterocycles. The molecule has 7 heteroatoms. The van der Waals surface area contributed by atoms with Crippen LogP contribution in [-0.2, 0) is 22.5 Å². The van der Waals surface area contributed by atoms with Gasteiger partial charge in [-0.2, -0.15) is 5.10 Å². The Morgan fingerprint density at radius 1 is 1.42 bits per heavy atom. The Labute approximate surface area is 144 Å². The van der Waals surface area contributed by atoms with Gasteiger partial charge in [0.05, 0.1) is 24.8 Å². The molecule has 0 aliphatic heterocycles. The van der Waals surface area contributed by atoms with Crippen LogP contribution in [-0.4, -0.2) is 28.3 Å². The van der Waals surface area contributed by atoms with E-state index in [9.17, 15) is 9.59 Å². The van der Waals surface area contributed by atoms with E-state index >= 15 is 0 Å². The number of aryl methyl sites for hydroxylation is 1. The third-order valence-corrected chi connectivity index (χ3v) is 4.86. The van der Waals surface area contributed by atoms with Crippen LogP contribution in [0.2, 0.25) is 0 Å². The molecule has 0 bridgehead atoms. The Hall–Kier alpha value is -2.15. The van der Waals surface area contributed by atoms with Gasteiger partial charge in [0.2, 0.25) is 5.91 Å². The normalized spacial score (nSPS) is 13.8. The van der Waals surface area contributed by atoms with Crippen molar-refractivity contribution in [2.24, 2.45) is 0 Å². The molecule has 1 amide bonds. The SMILES string of the molecule is CCOC(=O)c1c(C2CC2)csc1NC(=O)Cc1cnn(CC)c1. The second-order valence-electron chi connectivity index (χ2n) is 5.82. The number of amides is 1. The number of carbonyl (C=O) groups is 2. The second kappa shape index (κ2) is 7.17. The van der Waals surface area contributed by atoms with Gasteiger partial charge < -0.3 is 10.1 Å². The van der Waals surface area contributed by atoms with Crippen molar-refractivity contribution in [3.8, 4) is 0 Å². The third kappa shape index (κ3) is 3.67. The van der Waals surface area contributed by atoms with E-state index in [4.69, 9.17) is 4.74 Å². The van der Waals surface area contributed by atoms with Gasteiger partial charge in [0.25, 0.3) is 0 Å². The van der Waals surface area contributed by atoms with Crippen molar-refractivity contribution in [1.82, 2.24) is 9.78 Å². The number of hydrogen-bond acceptors (Lipinski definition) is 5. The molecule has 0 aromatic carbocycles. The van der Waals surface area contributed by atoms with E-state index in [2.05, 4.69) is 10.4 Å². The highest BCUT2D eigenvalue weighted by Gasteiger charge is 2.32. The molecule has 1 aliphatic rings. The van der Waals surface area contributed by atoms with Gasteiger partial charge in [0.1, 0.15) is 5.00 Å². The number of hydrogen-bond donors (Lipinski definition) is 1. The predicted octanol–water partition coefficient (Wildman–Crippen LogP) is 3.20. The molecular formula is C17H21N3O3S. The molecule has 1 saturated carbocycles. The van der Waals surface area contributed by atoms with Crippen LogP contribution in [0, 0.1) is 0 Å². The number of anilines is 1. The summed E-state index contributed by atoms with van der Waals surface area (Å²) < 4.78 is 6.95. The zero-order valence-electron chi connectivity index (χ0n) is 13.9. The van der Waals surface area contributed by atoms with Crippen molar-refractivity contribution in [3.05, 3.63) is 34.5 Å². The van der Waals surface area contributed by atoms with Crippen molar-refractivity contribution >= 4 is 28.2 Å². The highest BCUT2D eigenvalue weighted by atomic mass is 32.1. The zero-order chi connectivity index (χ0) is 17.1. The standard InChI is InChI=1S/C17H21N3O3S/c1-3-20-9-11(8-18-20)7-14(21)19-16-15(17(22)23-4-2)13(10-24-16)12-5-6-12/h8-10,12H,3-7H2,1-2H3,(H,19,21). The fraction of sp³-hybridized carbons (Fsp3) is 0.471. The summed E-state index contributed by atoms with van der Waals surface area (Å²) in [4.78, 5) is 24.6. The summed E-state index contributed by atoms with van der Waals surface area (Å²) in [5, 5.41) is 9.59. The molecule has 24 heavy (non-hydrogen) atoms. The van der Waals surface area contributed by atoms with Gasteiger partial charge in [-0.15, -0.1) is 11.3 Å². The van der Waals surface area contributed by atoms with Crippen LogP contribution in [0.25, 0.3) is 0 Å². The summed E-state index contributed by atoms with van der Waals surface area (Å²) in [6.07, 6.45) is 5.97. The fourth-order valence-corrected chi connectivity index (χ4v) is 3.65. The average Bonchev–Trinajstić information content (AvgIpc) is 3.16. The molecule has 1 N–H and O–H groups in total. The molecule has 128 valence electrons. The largest absolute Gasteiger partial charge is 0.462 e. The van der Waals surface area contributed by atoms with Gasteiger partial charge in [-0.3, -0.25) is 9.48 Å². The number of aromatic nitrogens is 2. The molecular weight excluding hydrogens is 326 g/mol. The second-order valence-corrected chi connectivity index (χ2v) is 6.70. The van der Waals surface area contributed by atoms with Crippen LogP contribution < -0.4 is 5.32 Å². The van der Waals surface area contributed by atoms with Crippen molar-refractivity contribution in [1.29, 1.82) is 0 Å². The summed E-state index contributed by atoms with van der Waals surface area (Å²) in [5.74, 6) is -0.0794. The molecule has 1 fully saturated rings. The lowest BCUT2D eigenvalue weighted by atomic mass is 10.1. The summed E-state index contributed by atoms with van der Waals surface area (Å²) in [6.45, 7) is 4.87. The van der Waals surface area contributed by atoms with Crippen LogP contribution in [0.3, 0.4) is 0 Å². The quantitative estimate of drug-likeness (QED) is 0.781. The van der Waals surface area contributed by atoms with Crippen LogP contribution in [0.15, 0.2) is 17.8 Å². The Morgan fingerprint density at radius 3 is 2.83 bits per heavy atom. The van der Waals surface area contributed by atoms with Crippen molar-refractivity contribution in [3.63, 3.8) is 0 Å². The molecule has 2 aromatic heterocycles. The van der Waals surface area contributed by atoms with E-state index in [1.54, 1.807) is 17.8 Å². The number of nitrogens with zero attached hydrogens (tertiary/aromatic N) is 2. The van der Waals surface area contributed by atoms with Crippen molar-refractivity contribution in [2.45, 2.75) is 45.6 Å². The molecule has 0 atom stereocenters. The first-order valence-corrected chi connectivity index (χ1v) is 9.10. The van der Waals surface area contributed by atoms with Crippen LogP contribution in [0.1, 0.15) is 54.1 Å². The summed E-state index contributed by atoms with van der Waals surface area (Å²) in [5.41, 5.74) is 2.39. The van der Waals surface area contributed by atoms with Gasteiger partial charge in [-0.05, 0) is 49.1 Å². The highest BCUT2D eigenvalue weighted by molar-refractivity contribution is 7.15. The zero-order valence-corrected chi connectivity index (χ0v) is 14.7. The summed E-state index contributed by atoms with van der Waals surface area (Å²) in [7, 11) is 0. The first-order valence-electron chi connectivity index (χ1n) is 8.22. The smallest absolute Gasteiger partial charge is 0.341 e. The predicted molar refractivity (Wildman–Crippen MR) is 92.5 cm³/mol. The number of rotatable bonds is 7. The number of ether oxygens (including phenoxy) is 1. The van der Waals surface area contributed by atoms with Gasteiger partial charge in [-0.25, -0.2) is 4.79 Å². The molecule has 0 unspecified atom stereocenters. The van der Waals surface area contributed by atoms with E-state index < -0.39 is 0 Å². The number of thiophene rings is 1. The van der Waals surface area contributed by atoms with Gasteiger partial charge in [0.15, 0.2) is 0 Å². The Morgan fingerprint density at radius 2 is 2.21 bits per heavy atom. The van der Waals surface area contributed by atoms with Gasteiger partial charge in [0, 0.05) is 12.7 Å². The van der Waals surface area contributed by atoms with E-state index in [-0.39, 0.29) is 18.3 Å². The minimum atomic E-state index is -0.352. The molecule has 0 spiro atoms. The molecule has 6 nitrogen and oxygen atoms in total. The van der Waals surface area contributed by atoms with E-state index in [0.29, 0.717) is 23.1 Å². The Balaban J connectivity index is 1.73. The van der Waals surface area contributed by atoms with E-state index in [0.717, 1.165) is 30.5 Å². The van der Waals surface area contributed by atoms with Crippen LogP contribution >= 0.6 is 11.3 Å². The Kier molecular flexibility index (Phi) is 4.99. The highest BCUT2D eigenvalue weighted by Crippen LogP contribution is 2.46. The summed E-state index contributed by atoms with van der Waals surface area (Å²) in [6, 6.07) is 0. The number of nitrogens with one attached hydrogen (secondary N) is 1. The monoisotopic (exact) mass is 347 g/mol. The minimum absolute atomic E-state index is 0.152. The first kappa shape index (κ1) is 16.7. The van der Waals surface area contributed by atoms with E-state index in [1.165, 1.54) is 11.3 Å². The molecule has 3 rings (SSSR count).